The summed E-state index contributed by atoms with van der Waals surface area (Å²) in [6, 6.07) is 6.66. The maximum atomic E-state index is 10.7. The van der Waals surface area contributed by atoms with Gasteiger partial charge in [0.05, 0.1) is 4.92 Å². The van der Waals surface area contributed by atoms with E-state index >= 15 is 0 Å². The number of anilines is 1. The molecule has 1 atom stereocenters. The van der Waals surface area contributed by atoms with Crippen LogP contribution in [0.25, 0.3) is 0 Å². The van der Waals surface area contributed by atoms with Crippen LogP contribution in [0.5, 0.6) is 0 Å². The summed E-state index contributed by atoms with van der Waals surface area (Å²) in [7, 11) is 0. The minimum atomic E-state index is -0.402. The van der Waals surface area contributed by atoms with E-state index in [-0.39, 0.29) is 18.3 Å². The Labute approximate surface area is 94.3 Å². The third-order valence-corrected chi connectivity index (χ3v) is 2.30. The van der Waals surface area contributed by atoms with Crippen LogP contribution in [0.4, 0.5) is 11.4 Å². The Morgan fingerprint density at radius 1 is 1.50 bits per heavy atom. The first-order valence-electron chi connectivity index (χ1n) is 5.26. The summed E-state index contributed by atoms with van der Waals surface area (Å²) in [5.41, 5.74) is 0.608. The molecular weight excluding hydrogens is 208 g/mol. The van der Waals surface area contributed by atoms with Crippen LogP contribution in [0.15, 0.2) is 24.3 Å². The smallest absolute Gasteiger partial charge is 0.292 e. The average molecular weight is 224 g/mol. The van der Waals surface area contributed by atoms with Gasteiger partial charge in [0.2, 0.25) is 0 Å². The molecule has 16 heavy (non-hydrogen) atoms. The summed E-state index contributed by atoms with van der Waals surface area (Å²) in [6.45, 7) is 2.08. The van der Waals surface area contributed by atoms with E-state index in [1.165, 1.54) is 6.07 Å². The van der Waals surface area contributed by atoms with E-state index in [1.54, 1.807) is 18.2 Å². The Morgan fingerprint density at radius 3 is 2.81 bits per heavy atom. The highest BCUT2D eigenvalue weighted by Gasteiger charge is 2.13. The van der Waals surface area contributed by atoms with Gasteiger partial charge in [-0.15, -0.1) is 0 Å². The lowest BCUT2D eigenvalue weighted by Gasteiger charge is -2.14. The van der Waals surface area contributed by atoms with Crippen molar-refractivity contribution in [1.29, 1.82) is 0 Å². The fourth-order valence-electron chi connectivity index (χ4n) is 1.49. The second kappa shape index (κ2) is 6.07. The Morgan fingerprint density at radius 2 is 2.19 bits per heavy atom. The highest BCUT2D eigenvalue weighted by atomic mass is 16.6. The van der Waals surface area contributed by atoms with Crippen LogP contribution in [0, 0.1) is 10.1 Å². The van der Waals surface area contributed by atoms with Gasteiger partial charge >= 0.3 is 0 Å². The van der Waals surface area contributed by atoms with Crippen LogP contribution in [0.1, 0.15) is 19.8 Å². The van der Waals surface area contributed by atoms with Crippen molar-refractivity contribution in [3.05, 3.63) is 34.4 Å². The number of aliphatic hydroxyl groups is 1. The zero-order chi connectivity index (χ0) is 12.0. The first-order valence-corrected chi connectivity index (χ1v) is 5.26. The molecule has 5 nitrogen and oxygen atoms in total. The highest BCUT2D eigenvalue weighted by molar-refractivity contribution is 5.61. The van der Waals surface area contributed by atoms with Crippen molar-refractivity contribution in [3.63, 3.8) is 0 Å². The van der Waals surface area contributed by atoms with E-state index < -0.39 is 4.92 Å². The molecule has 0 radical (unpaired) electrons. The molecule has 0 aliphatic carbocycles. The van der Waals surface area contributed by atoms with Gasteiger partial charge < -0.3 is 10.4 Å². The minimum Gasteiger partial charge on any atom is -0.396 e. The second-order valence-electron chi connectivity index (χ2n) is 3.69. The van der Waals surface area contributed by atoms with Crippen LogP contribution in [-0.4, -0.2) is 22.7 Å². The second-order valence-corrected chi connectivity index (χ2v) is 3.69. The number of hydrogen-bond donors (Lipinski definition) is 2. The Kier molecular flexibility index (Phi) is 4.72. The largest absolute Gasteiger partial charge is 0.396 e. The molecule has 0 saturated carbocycles. The Bertz CT molecular complexity index is 355. The first kappa shape index (κ1) is 12.4. The number of nitro groups is 1. The number of nitrogens with zero attached hydrogens (tertiary/aromatic N) is 1. The molecule has 2 N–H and O–H groups in total. The monoisotopic (exact) mass is 224 g/mol. The molecule has 1 aromatic carbocycles. The lowest BCUT2D eigenvalue weighted by atomic mass is 10.1. The molecule has 0 heterocycles. The van der Waals surface area contributed by atoms with Gasteiger partial charge in [-0.3, -0.25) is 10.1 Å². The van der Waals surface area contributed by atoms with E-state index in [0.29, 0.717) is 12.1 Å². The SMILES string of the molecule is CC(CCCO)Nc1ccccc1[N+](=O)[O-]. The molecule has 0 saturated heterocycles. The number of nitro benzene ring substituents is 1. The molecule has 0 aromatic heterocycles. The lowest BCUT2D eigenvalue weighted by Crippen LogP contribution is -2.16. The fourth-order valence-corrected chi connectivity index (χ4v) is 1.49. The molecule has 0 amide bonds. The average Bonchev–Trinajstić information content (AvgIpc) is 2.27. The third kappa shape index (κ3) is 3.51. The normalized spacial score (nSPS) is 12.1. The maximum absolute atomic E-state index is 10.7. The number of para-hydroxylation sites is 2. The van der Waals surface area contributed by atoms with Gasteiger partial charge in [-0.05, 0) is 25.8 Å². The molecule has 0 aliphatic heterocycles. The lowest BCUT2D eigenvalue weighted by molar-refractivity contribution is -0.384. The van der Waals surface area contributed by atoms with Gasteiger partial charge in [-0.2, -0.15) is 0 Å². The van der Waals surface area contributed by atoms with Crippen molar-refractivity contribution in [2.75, 3.05) is 11.9 Å². The van der Waals surface area contributed by atoms with E-state index in [1.807, 2.05) is 6.92 Å². The third-order valence-electron chi connectivity index (χ3n) is 2.30. The number of rotatable bonds is 6. The minimum absolute atomic E-state index is 0.0818. The van der Waals surface area contributed by atoms with Crippen LogP contribution >= 0.6 is 0 Å². The quantitative estimate of drug-likeness (QED) is 0.573. The topological polar surface area (TPSA) is 75.4 Å². The van der Waals surface area contributed by atoms with Gasteiger partial charge in [0.1, 0.15) is 5.69 Å². The Balaban J connectivity index is 2.69. The predicted molar refractivity (Wildman–Crippen MR) is 62.5 cm³/mol. The summed E-state index contributed by atoms with van der Waals surface area (Å²) in [5.74, 6) is 0. The van der Waals surface area contributed by atoms with Crippen molar-refractivity contribution in [1.82, 2.24) is 0 Å². The van der Waals surface area contributed by atoms with Gasteiger partial charge in [0.25, 0.3) is 5.69 Å². The predicted octanol–water partition coefficient (Wildman–Crippen LogP) is 2.17. The van der Waals surface area contributed by atoms with Crippen LogP contribution in [0.3, 0.4) is 0 Å². The maximum Gasteiger partial charge on any atom is 0.292 e. The van der Waals surface area contributed by atoms with Crippen molar-refractivity contribution < 1.29 is 10.0 Å². The number of aliphatic hydroxyl groups excluding tert-OH is 1. The molecule has 0 spiro atoms. The van der Waals surface area contributed by atoms with Crippen molar-refractivity contribution >= 4 is 11.4 Å². The van der Waals surface area contributed by atoms with Crippen molar-refractivity contribution in [2.24, 2.45) is 0 Å². The van der Waals surface area contributed by atoms with Gasteiger partial charge in [0.15, 0.2) is 0 Å². The number of benzene rings is 1. The molecule has 1 rings (SSSR count). The van der Waals surface area contributed by atoms with Crippen molar-refractivity contribution in [3.8, 4) is 0 Å². The van der Waals surface area contributed by atoms with Crippen molar-refractivity contribution in [2.45, 2.75) is 25.8 Å². The zero-order valence-electron chi connectivity index (χ0n) is 9.22. The highest BCUT2D eigenvalue weighted by Crippen LogP contribution is 2.24. The molecule has 5 heteroatoms. The summed E-state index contributed by atoms with van der Waals surface area (Å²) >= 11 is 0. The molecule has 1 aromatic rings. The molecule has 0 fully saturated rings. The summed E-state index contributed by atoms with van der Waals surface area (Å²) < 4.78 is 0. The van der Waals surface area contributed by atoms with Gasteiger partial charge in [-0.25, -0.2) is 0 Å². The van der Waals surface area contributed by atoms with E-state index in [4.69, 9.17) is 5.11 Å². The van der Waals surface area contributed by atoms with Crippen LogP contribution in [-0.2, 0) is 0 Å². The number of hydrogen-bond acceptors (Lipinski definition) is 4. The van der Waals surface area contributed by atoms with Crippen LogP contribution < -0.4 is 5.32 Å². The molecule has 88 valence electrons. The molecule has 0 bridgehead atoms. The molecular formula is C11H16N2O3. The van der Waals surface area contributed by atoms with E-state index in [9.17, 15) is 10.1 Å². The molecule has 1 unspecified atom stereocenters. The standard InChI is InChI=1S/C11H16N2O3/c1-9(5-4-8-14)12-10-6-2-3-7-11(10)13(15)16/h2-3,6-7,9,12,14H,4-5,8H2,1H3. The zero-order valence-corrected chi connectivity index (χ0v) is 9.22. The summed E-state index contributed by atoms with van der Waals surface area (Å²) in [5, 5.41) is 22.5. The molecule has 0 aliphatic rings. The first-order chi connectivity index (χ1) is 7.65. The summed E-state index contributed by atoms with van der Waals surface area (Å²) in [6.07, 6.45) is 1.47. The fraction of sp³-hybridized carbons (Fsp3) is 0.455. The number of nitrogens with one attached hydrogen (secondary N) is 1. The Hall–Kier alpha value is -1.62. The summed E-state index contributed by atoms with van der Waals surface area (Å²) in [4.78, 5) is 10.3. The van der Waals surface area contributed by atoms with E-state index in [2.05, 4.69) is 5.32 Å². The van der Waals surface area contributed by atoms with Gasteiger partial charge in [-0.1, -0.05) is 12.1 Å². The van der Waals surface area contributed by atoms with E-state index in [0.717, 1.165) is 6.42 Å². The van der Waals surface area contributed by atoms with Gasteiger partial charge in [0, 0.05) is 18.7 Å². The van der Waals surface area contributed by atoms with Crippen LogP contribution in [0.2, 0.25) is 0 Å².